The third-order valence-corrected chi connectivity index (χ3v) is 3.24. The molecule has 1 aromatic rings. The standard InChI is InChI=1S/C15H22O4/c1-6-10-7-11(9-15(2,3)14(16)17)13(19-5)12(8-10)18-4/h7-8H,6,9H2,1-5H3,(H,16,17). The lowest BCUT2D eigenvalue weighted by atomic mass is 9.85. The zero-order chi connectivity index (χ0) is 14.6. The molecule has 0 fully saturated rings. The molecular weight excluding hydrogens is 244 g/mol. The molecule has 0 heterocycles. The van der Waals surface area contributed by atoms with Gasteiger partial charge in [-0.3, -0.25) is 4.79 Å². The van der Waals surface area contributed by atoms with Crippen LogP contribution in [0, 0.1) is 5.41 Å². The van der Waals surface area contributed by atoms with Crippen LogP contribution in [-0.2, 0) is 17.6 Å². The Balaban J connectivity index is 3.28. The van der Waals surface area contributed by atoms with E-state index in [1.807, 2.05) is 19.1 Å². The number of hydrogen-bond acceptors (Lipinski definition) is 3. The van der Waals surface area contributed by atoms with Gasteiger partial charge < -0.3 is 14.6 Å². The topological polar surface area (TPSA) is 55.8 Å². The lowest BCUT2D eigenvalue weighted by molar-refractivity contribution is -0.146. The van der Waals surface area contributed by atoms with E-state index < -0.39 is 11.4 Å². The molecule has 0 aliphatic rings. The van der Waals surface area contributed by atoms with Crippen LogP contribution in [0.1, 0.15) is 31.9 Å². The number of carboxylic acids is 1. The molecule has 1 N–H and O–H groups in total. The number of aliphatic carboxylic acids is 1. The maximum Gasteiger partial charge on any atom is 0.309 e. The quantitative estimate of drug-likeness (QED) is 0.860. The van der Waals surface area contributed by atoms with Crippen molar-refractivity contribution in [3.8, 4) is 11.5 Å². The van der Waals surface area contributed by atoms with Gasteiger partial charge in [0.05, 0.1) is 19.6 Å². The van der Waals surface area contributed by atoms with Gasteiger partial charge in [-0.15, -0.1) is 0 Å². The molecule has 0 atom stereocenters. The van der Waals surface area contributed by atoms with Crippen molar-refractivity contribution in [1.82, 2.24) is 0 Å². The van der Waals surface area contributed by atoms with E-state index in [0.717, 1.165) is 17.5 Å². The van der Waals surface area contributed by atoms with E-state index in [4.69, 9.17) is 9.47 Å². The summed E-state index contributed by atoms with van der Waals surface area (Å²) in [6, 6.07) is 3.92. The van der Waals surface area contributed by atoms with Gasteiger partial charge in [0, 0.05) is 0 Å². The Hall–Kier alpha value is -1.71. The molecule has 4 nitrogen and oxygen atoms in total. The molecule has 1 aromatic carbocycles. The van der Waals surface area contributed by atoms with Crippen LogP contribution in [0.4, 0.5) is 0 Å². The van der Waals surface area contributed by atoms with Crippen molar-refractivity contribution >= 4 is 5.97 Å². The van der Waals surface area contributed by atoms with Crippen LogP contribution in [-0.4, -0.2) is 25.3 Å². The van der Waals surface area contributed by atoms with Crippen molar-refractivity contribution in [2.75, 3.05) is 14.2 Å². The van der Waals surface area contributed by atoms with Crippen molar-refractivity contribution < 1.29 is 19.4 Å². The maximum atomic E-state index is 11.3. The van der Waals surface area contributed by atoms with Crippen LogP contribution in [0.15, 0.2) is 12.1 Å². The van der Waals surface area contributed by atoms with Crippen molar-refractivity contribution in [1.29, 1.82) is 0 Å². The van der Waals surface area contributed by atoms with Crippen molar-refractivity contribution in [2.24, 2.45) is 5.41 Å². The molecule has 0 unspecified atom stereocenters. The summed E-state index contributed by atoms with van der Waals surface area (Å²) >= 11 is 0. The number of hydrogen-bond donors (Lipinski definition) is 1. The predicted molar refractivity (Wildman–Crippen MR) is 74.0 cm³/mol. The Bertz CT molecular complexity index is 463. The lowest BCUT2D eigenvalue weighted by Crippen LogP contribution is -2.26. The highest BCUT2D eigenvalue weighted by Crippen LogP contribution is 2.36. The molecular formula is C15H22O4. The van der Waals surface area contributed by atoms with Gasteiger partial charge in [0.1, 0.15) is 0 Å². The summed E-state index contributed by atoms with van der Waals surface area (Å²) in [7, 11) is 3.16. The monoisotopic (exact) mass is 266 g/mol. The van der Waals surface area contributed by atoms with Crippen LogP contribution in [0.2, 0.25) is 0 Å². The minimum absolute atomic E-state index is 0.399. The van der Waals surface area contributed by atoms with Crippen molar-refractivity contribution in [3.63, 3.8) is 0 Å². The zero-order valence-corrected chi connectivity index (χ0v) is 12.2. The molecule has 0 aromatic heterocycles. The van der Waals surface area contributed by atoms with Gasteiger partial charge in [0.15, 0.2) is 11.5 Å². The number of ether oxygens (including phenoxy) is 2. The van der Waals surface area contributed by atoms with Crippen LogP contribution in [0.5, 0.6) is 11.5 Å². The summed E-state index contributed by atoms with van der Waals surface area (Å²) in [6.07, 6.45) is 1.26. The number of carbonyl (C=O) groups is 1. The number of carboxylic acid groups (broad SMARTS) is 1. The molecule has 1 rings (SSSR count). The molecule has 0 aliphatic carbocycles. The number of aryl methyl sites for hydroxylation is 1. The smallest absolute Gasteiger partial charge is 0.309 e. The van der Waals surface area contributed by atoms with E-state index in [9.17, 15) is 9.90 Å². The van der Waals surface area contributed by atoms with Crippen molar-refractivity contribution in [2.45, 2.75) is 33.6 Å². The van der Waals surface area contributed by atoms with Gasteiger partial charge in [0.2, 0.25) is 0 Å². The molecule has 0 radical (unpaired) electrons. The first kappa shape index (κ1) is 15.3. The minimum Gasteiger partial charge on any atom is -0.493 e. The average Bonchev–Trinajstić information content (AvgIpc) is 2.36. The summed E-state index contributed by atoms with van der Waals surface area (Å²) in [4.78, 5) is 11.3. The highest BCUT2D eigenvalue weighted by atomic mass is 16.5. The van der Waals surface area contributed by atoms with E-state index in [2.05, 4.69) is 0 Å². The van der Waals surface area contributed by atoms with E-state index in [-0.39, 0.29) is 0 Å². The summed E-state index contributed by atoms with van der Waals surface area (Å²) in [5.41, 5.74) is 1.13. The van der Waals surface area contributed by atoms with E-state index in [1.54, 1.807) is 28.1 Å². The van der Waals surface area contributed by atoms with Gasteiger partial charge in [-0.05, 0) is 43.9 Å². The molecule has 0 bridgehead atoms. The predicted octanol–water partition coefficient (Wildman–Crippen LogP) is 2.92. The fraction of sp³-hybridized carbons (Fsp3) is 0.533. The Morgan fingerprint density at radius 1 is 1.26 bits per heavy atom. The average molecular weight is 266 g/mol. The number of methoxy groups -OCH3 is 2. The fourth-order valence-electron chi connectivity index (χ4n) is 1.99. The van der Waals surface area contributed by atoms with Crippen LogP contribution >= 0.6 is 0 Å². The Morgan fingerprint density at radius 2 is 1.89 bits per heavy atom. The van der Waals surface area contributed by atoms with Crippen LogP contribution < -0.4 is 9.47 Å². The van der Waals surface area contributed by atoms with E-state index in [0.29, 0.717) is 17.9 Å². The van der Waals surface area contributed by atoms with Gasteiger partial charge in [-0.25, -0.2) is 0 Å². The first-order valence-corrected chi connectivity index (χ1v) is 6.32. The lowest BCUT2D eigenvalue weighted by Gasteiger charge is -2.22. The molecule has 0 aliphatic heterocycles. The number of rotatable bonds is 6. The maximum absolute atomic E-state index is 11.3. The van der Waals surface area contributed by atoms with E-state index in [1.165, 1.54) is 0 Å². The Morgan fingerprint density at radius 3 is 2.32 bits per heavy atom. The van der Waals surface area contributed by atoms with Crippen molar-refractivity contribution in [3.05, 3.63) is 23.3 Å². The van der Waals surface area contributed by atoms with Crippen LogP contribution in [0.25, 0.3) is 0 Å². The fourth-order valence-corrected chi connectivity index (χ4v) is 1.99. The molecule has 4 heteroatoms. The Labute approximate surface area is 114 Å². The highest BCUT2D eigenvalue weighted by molar-refractivity contribution is 5.74. The van der Waals surface area contributed by atoms with Gasteiger partial charge in [-0.2, -0.15) is 0 Å². The first-order valence-electron chi connectivity index (χ1n) is 6.32. The largest absolute Gasteiger partial charge is 0.493 e. The normalized spacial score (nSPS) is 11.2. The van der Waals surface area contributed by atoms with Crippen LogP contribution in [0.3, 0.4) is 0 Å². The second kappa shape index (κ2) is 5.95. The third-order valence-electron chi connectivity index (χ3n) is 3.24. The SMILES string of the molecule is CCc1cc(CC(C)(C)C(=O)O)c(OC)c(OC)c1. The Kier molecular flexibility index (Phi) is 4.81. The molecule has 19 heavy (non-hydrogen) atoms. The highest BCUT2D eigenvalue weighted by Gasteiger charge is 2.29. The molecule has 0 amide bonds. The minimum atomic E-state index is -0.843. The molecule has 0 saturated heterocycles. The van der Waals surface area contributed by atoms with Gasteiger partial charge >= 0.3 is 5.97 Å². The second-order valence-electron chi connectivity index (χ2n) is 5.21. The molecule has 106 valence electrons. The zero-order valence-electron chi connectivity index (χ0n) is 12.2. The molecule has 0 spiro atoms. The summed E-state index contributed by atoms with van der Waals surface area (Å²) < 4.78 is 10.7. The summed E-state index contributed by atoms with van der Waals surface area (Å²) in [5.74, 6) is 0.447. The van der Waals surface area contributed by atoms with Gasteiger partial charge in [-0.1, -0.05) is 13.0 Å². The van der Waals surface area contributed by atoms with Gasteiger partial charge in [0.25, 0.3) is 0 Å². The van der Waals surface area contributed by atoms with E-state index >= 15 is 0 Å². The third kappa shape index (κ3) is 3.40. The first-order chi connectivity index (χ1) is 8.85. The summed E-state index contributed by atoms with van der Waals surface area (Å²) in [6.45, 7) is 5.47. The molecule has 0 saturated carbocycles. The summed E-state index contributed by atoms with van der Waals surface area (Å²) in [5, 5.41) is 9.25. The number of benzene rings is 1. The second-order valence-corrected chi connectivity index (χ2v) is 5.21.